The number of carbonyl (C=O) groups excluding carboxylic acids is 1. The van der Waals surface area contributed by atoms with E-state index in [2.05, 4.69) is 10.0 Å². The number of anilines is 2. The van der Waals surface area contributed by atoms with Crippen LogP contribution in [0.25, 0.3) is 0 Å². The van der Waals surface area contributed by atoms with E-state index >= 15 is 0 Å². The topological polar surface area (TPSA) is 75.3 Å². The molecule has 8 heteroatoms. The van der Waals surface area contributed by atoms with E-state index < -0.39 is 15.9 Å². The molecule has 0 aliphatic carbocycles. The number of sulfonamides is 1. The van der Waals surface area contributed by atoms with Gasteiger partial charge in [-0.25, -0.2) is 8.42 Å². The van der Waals surface area contributed by atoms with Crippen LogP contribution in [0.5, 0.6) is 0 Å². The molecule has 0 spiro atoms. The zero-order chi connectivity index (χ0) is 21.2. The Morgan fingerprint density at radius 3 is 2.14 bits per heavy atom. The molecule has 0 aliphatic rings. The van der Waals surface area contributed by atoms with Gasteiger partial charge in [-0.3, -0.25) is 9.52 Å². The molecule has 3 aromatic carbocycles. The minimum Gasteiger partial charge on any atom is -0.322 e. The van der Waals surface area contributed by atoms with Crippen LogP contribution in [0, 0.1) is 13.8 Å². The molecule has 0 unspecified atom stereocenters. The first-order chi connectivity index (χ1) is 13.7. The van der Waals surface area contributed by atoms with Crippen LogP contribution in [0.4, 0.5) is 11.4 Å². The quantitative estimate of drug-likeness (QED) is 0.528. The second-order valence-corrected chi connectivity index (χ2v) is 9.00. The molecule has 0 bridgehead atoms. The second kappa shape index (κ2) is 8.45. The normalized spacial score (nSPS) is 11.2. The van der Waals surface area contributed by atoms with Crippen LogP contribution in [-0.2, 0) is 10.0 Å². The Morgan fingerprint density at radius 2 is 1.48 bits per heavy atom. The second-order valence-electron chi connectivity index (χ2n) is 6.53. The van der Waals surface area contributed by atoms with Gasteiger partial charge in [0.15, 0.2) is 0 Å². The van der Waals surface area contributed by atoms with Gasteiger partial charge in [0, 0.05) is 22.0 Å². The van der Waals surface area contributed by atoms with Crippen molar-refractivity contribution < 1.29 is 13.2 Å². The van der Waals surface area contributed by atoms with Gasteiger partial charge in [0.05, 0.1) is 5.02 Å². The van der Waals surface area contributed by atoms with Crippen LogP contribution in [0.1, 0.15) is 21.5 Å². The summed E-state index contributed by atoms with van der Waals surface area (Å²) in [4.78, 5) is 12.4. The van der Waals surface area contributed by atoms with E-state index in [0.29, 0.717) is 16.4 Å². The molecule has 0 aromatic heterocycles. The number of nitrogens with one attached hydrogen (secondary N) is 2. The summed E-state index contributed by atoms with van der Waals surface area (Å²) in [6, 6.07) is 16.1. The molecule has 0 atom stereocenters. The van der Waals surface area contributed by atoms with Gasteiger partial charge in [0.2, 0.25) is 0 Å². The molecule has 0 aliphatic heterocycles. The van der Waals surface area contributed by atoms with Crippen molar-refractivity contribution in [3.63, 3.8) is 0 Å². The largest absolute Gasteiger partial charge is 0.322 e. The summed E-state index contributed by atoms with van der Waals surface area (Å²) in [5, 5.41) is 3.23. The fraction of sp³-hybridized carbons (Fsp3) is 0.0952. The van der Waals surface area contributed by atoms with Crippen LogP contribution < -0.4 is 10.0 Å². The van der Waals surface area contributed by atoms with Gasteiger partial charge in [0.25, 0.3) is 15.9 Å². The van der Waals surface area contributed by atoms with Gasteiger partial charge >= 0.3 is 0 Å². The van der Waals surface area contributed by atoms with Crippen LogP contribution in [0.15, 0.2) is 65.6 Å². The molecule has 1 amide bonds. The molecule has 3 aromatic rings. The molecule has 0 saturated heterocycles. The van der Waals surface area contributed by atoms with Gasteiger partial charge in [0.1, 0.15) is 4.90 Å². The van der Waals surface area contributed by atoms with Crippen molar-refractivity contribution in [1.29, 1.82) is 0 Å². The Labute approximate surface area is 179 Å². The predicted octanol–water partition coefficient (Wildman–Crippen LogP) is 5.66. The summed E-state index contributed by atoms with van der Waals surface area (Å²) in [5.74, 6) is -0.478. The maximum atomic E-state index is 12.8. The Bertz CT molecular complexity index is 1180. The van der Waals surface area contributed by atoms with Crippen molar-refractivity contribution in [2.24, 2.45) is 0 Å². The van der Waals surface area contributed by atoms with Gasteiger partial charge in [-0.1, -0.05) is 47.0 Å². The number of hydrogen-bond acceptors (Lipinski definition) is 3. The summed E-state index contributed by atoms with van der Waals surface area (Å²) in [7, 11) is -3.98. The zero-order valence-electron chi connectivity index (χ0n) is 15.7. The average Bonchev–Trinajstić information content (AvgIpc) is 2.66. The molecule has 0 fully saturated rings. The highest BCUT2D eigenvalue weighted by atomic mass is 35.5. The maximum absolute atomic E-state index is 12.8. The molecule has 0 heterocycles. The number of hydrogen-bond donors (Lipinski definition) is 2. The molecule has 3 rings (SSSR count). The highest BCUT2D eigenvalue weighted by Gasteiger charge is 2.20. The Balaban J connectivity index is 1.87. The van der Waals surface area contributed by atoms with Crippen molar-refractivity contribution in [2.75, 3.05) is 10.0 Å². The van der Waals surface area contributed by atoms with Gasteiger partial charge in [-0.15, -0.1) is 0 Å². The standard InChI is InChI=1S/C21H18Cl2N2O3S/c1-13-3-7-16(8-4-13)25-29(27,28)20-11-15(6-10-18(20)22)21(26)24-17-9-5-14(2)19(23)12-17/h3-12,25H,1-2H3,(H,24,26). The molecule has 150 valence electrons. The smallest absolute Gasteiger partial charge is 0.263 e. The van der Waals surface area contributed by atoms with Gasteiger partial charge in [-0.05, 0) is 61.9 Å². The number of benzene rings is 3. The van der Waals surface area contributed by atoms with E-state index in [1.807, 2.05) is 13.8 Å². The maximum Gasteiger partial charge on any atom is 0.263 e. The van der Waals surface area contributed by atoms with Crippen molar-refractivity contribution in [2.45, 2.75) is 18.7 Å². The third-order valence-electron chi connectivity index (χ3n) is 4.22. The molecule has 29 heavy (non-hydrogen) atoms. The highest BCUT2D eigenvalue weighted by Crippen LogP contribution is 2.26. The summed E-state index contributed by atoms with van der Waals surface area (Å²) in [5.41, 5.74) is 2.93. The lowest BCUT2D eigenvalue weighted by molar-refractivity contribution is 0.102. The molecular weight excluding hydrogens is 431 g/mol. The van der Waals surface area contributed by atoms with Gasteiger partial charge < -0.3 is 5.32 Å². The number of carbonyl (C=O) groups is 1. The van der Waals surface area contributed by atoms with Gasteiger partial charge in [-0.2, -0.15) is 0 Å². The number of rotatable bonds is 5. The molecule has 2 N–H and O–H groups in total. The molecule has 0 saturated carbocycles. The first-order valence-electron chi connectivity index (χ1n) is 8.62. The van der Waals surface area contributed by atoms with E-state index in [-0.39, 0.29) is 15.5 Å². The fourth-order valence-corrected chi connectivity index (χ4v) is 4.32. The highest BCUT2D eigenvalue weighted by molar-refractivity contribution is 7.92. The predicted molar refractivity (Wildman–Crippen MR) is 118 cm³/mol. The molecule has 5 nitrogen and oxygen atoms in total. The molecular formula is C21H18Cl2N2O3S. The van der Waals surface area contributed by atoms with Crippen molar-refractivity contribution in [3.8, 4) is 0 Å². The fourth-order valence-electron chi connectivity index (χ4n) is 2.56. The Kier molecular flexibility index (Phi) is 6.17. The monoisotopic (exact) mass is 448 g/mol. The Hall–Kier alpha value is -2.54. The first kappa shape index (κ1) is 21.2. The number of aryl methyl sites for hydroxylation is 2. The van der Waals surface area contributed by atoms with E-state index in [1.165, 1.54) is 18.2 Å². The van der Waals surface area contributed by atoms with E-state index in [0.717, 1.165) is 11.1 Å². The summed E-state index contributed by atoms with van der Waals surface area (Å²) in [6.45, 7) is 3.75. The van der Waals surface area contributed by atoms with E-state index in [1.54, 1.807) is 42.5 Å². The number of halogens is 2. The van der Waals surface area contributed by atoms with Crippen molar-refractivity contribution >= 4 is 50.5 Å². The third kappa shape index (κ3) is 5.09. The molecule has 0 radical (unpaired) electrons. The first-order valence-corrected chi connectivity index (χ1v) is 10.9. The third-order valence-corrected chi connectivity index (χ3v) is 6.49. The zero-order valence-corrected chi connectivity index (χ0v) is 18.0. The minimum absolute atomic E-state index is 0.0135. The lowest BCUT2D eigenvalue weighted by atomic mass is 10.2. The minimum atomic E-state index is -3.98. The van der Waals surface area contributed by atoms with Crippen LogP contribution in [0.3, 0.4) is 0 Å². The number of amides is 1. The van der Waals surface area contributed by atoms with E-state index in [4.69, 9.17) is 23.2 Å². The summed E-state index contributed by atoms with van der Waals surface area (Å²) in [6.07, 6.45) is 0. The average molecular weight is 449 g/mol. The van der Waals surface area contributed by atoms with Crippen LogP contribution in [0.2, 0.25) is 10.0 Å². The SMILES string of the molecule is Cc1ccc(NS(=O)(=O)c2cc(C(=O)Nc3ccc(C)c(Cl)c3)ccc2Cl)cc1. The summed E-state index contributed by atoms with van der Waals surface area (Å²) < 4.78 is 28.0. The van der Waals surface area contributed by atoms with Crippen LogP contribution >= 0.6 is 23.2 Å². The van der Waals surface area contributed by atoms with E-state index in [9.17, 15) is 13.2 Å². The van der Waals surface area contributed by atoms with Crippen molar-refractivity contribution in [1.82, 2.24) is 0 Å². The van der Waals surface area contributed by atoms with Crippen LogP contribution in [-0.4, -0.2) is 14.3 Å². The Morgan fingerprint density at radius 1 is 0.828 bits per heavy atom. The van der Waals surface area contributed by atoms with Crippen molar-refractivity contribution in [3.05, 3.63) is 87.4 Å². The summed E-state index contributed by atoms with van der Waals surface area (Å²) >= 11 is 12.2. The lowest BCUT2D eigenvalue weighted by Crippen LogP contribution is -2.16. The lowest BCUT2D eigenvalue weighted by Gasteiger charge is -2.12.